The van der Waals surface area contributed by atoms with Crippen LogP contribution >= 0.6 is 0 Å². The summed E-state index contributed by atoms with van der Waals surface area (Å²) in [4.78, 5) is 0. The quantitative estimate of drug-likeness (QED) is 0.457. The van der Waals surface area contributed by atoms with E-state index in [1.165, 1.54) is 12.8 Å². The topological polar surface area (TPSA) is 44.5 Å². The van der Waals surface area contributed by atoms with Gasteiger partial charge in [0.05, 0.1) is 0 Å². The highest BCUT2D eigenvalue weighted by atomic mass is 28.3. The van der Waals surface area contributed by atoms with Gasteiger partial charge in [-0.2, -0.15) is 0 Å². The second-order valence-corrected chi connectivity index (χ2v) is 5.08. The van der Waals surface area contributed by atoms with Crippen LogP contribution in [0.3, 0.4) is 0 Å². The van der Waals surface area contributed by atoms with Crippen molar-refractivity contribution < 1.29 is 8.85 Å². The molecular weight excluding hydrogens is 182 g/mol. The molecular formula is C9H23NO2Si. The maximum atomic E-state index is 5.55. The Bertz CT molecular complexity index is 97.6. The van der Waals surface area contributed by atoms with Crippen LogP contribution in [0.2, 0.25) is 6.04 Å². The second kappa shape index (κ2) is 10.2. The lowest BCUT2D eigenvalue weighted by Gasteiger charge is -2.14. The highest BCUT2D eigenvalue weighted by Crippen LogP contribution is 2.05. The van der Waals surface area contributed by atoms with Gasteiger partial charge in [0.15, 0.2) is 0 Å². The summed E-state index contributed by atoms with van der Waals surface area (Å²) in [6.45, 7) is 6.43. The van der Waals surface area contributed by atoms with E-state index in [1.807, 2.05) is 13.8 Å². The Balaban J connectivity index is 3.33. The van der Waals surface area contributed by atoms with E-state index in [0.29, 0.717) is 0 Å². The third-order valence-corrected chi connectivity index (χ3v) is 4.14. The predicted octanol–water partition coefficient (Wildman–Crippen LogP) is 1.41. The highest BCUT2D eigenvalue weighted by molar-refractivity contribution is 6.44. The Morgan fingerprint density at radius 3 is 2.08 bits per heavy atom. The summed E-state index contributed by atoms with van der Waals surface area (Å²) in [5.74, 6) is 0. The first-order valence-corrected chi connectivity index (χ1v) is 7.04. The van der Waals surface area contributed by atoms with Crippen molar-refractivity contribution in [1.82, 2.24) is 0 Å². The smallest absolute Gasteiger partial charge is 0.321 e. The zero-order chi connectivity index (χ0) is 9.94. The fourth-order valence-corrected chi connectivity index (χ4v) is 3.01. The van der Waals surface area contributed by atoms with Gasteiger partial charge >= 0.3 is 9.28 Å². The van der Waals surface area contributed by atoms with E-state index in [-0.39, 0.29) is 0 Å². The lowest BCUT2D eigenvalue weighted by molar-refractivity contribution is 0.212. The molecule has 0 atom stereocenters. The molecule has 2 N–H and O–H groups in total. The SMILES string of the molecule is CCO[SiH](CCCCCN)OCC. The maximum absolute atomic E-state index is 5.55. The average Bonchev–Trinajstić information content (AvgIpc) is 2.13. The average molecular weight is 205 g/mol. The van der Waals surface area contributed by atoms with E-state index in [9.17, 15) is 0 Å². The number of hydrogen-bond donors (Lipinski definition) is 1. The van der Waals surface area contributed by atoms with Gasteiger partial charge in [-0.05, 0) is 32.9 Å². The molecule has 0 heterocycles. The van der Waals surface area contributed by atoms with Crippen LogP contribution < -0.4 is 5.73 Å². The Kier molecular flexibility index (Phi) is 10.3. The van der Waals surface area contributed by atoms with Gasteiger partial charge in [0.25, 0.3) is 0 Å². The molecule has 0 amide bonds. The zero-order valence-corrected chi connectivity index (χ0v) is 10.1. The van der Waals surface area contributed by atoms with E-state index in [2.05, 4.69) is 0 Å². The van der Waals surface area contributed by atoms with Crippen LogP contribution in [0.5, 0.6) is 0 Å². The number of hydrogen-bond acceptors (Lipinski definition) is 3. The van der Waals surface area contributed by atoms with Gasteiger partial charge in [-0.1, -0.05) is 12.8 Å². The van der Waals surface area contributed by atoms with Gasteiger partial charge in [-0.3, -0.25) is 0 Å². The van der Waals surface area contributed by atoms with Gasteiger partial charge in [0.2, 0.25) is 0 Å². The monoisotopic (exact) mass is 205 g/mol. The molecule has 0 rings (SSSR count). The van der Waals surface area contributed by atoms with Crippen molar-refractivity contribution in [3.63, 3.8) is 0 Å². The molecule has 0 fully saturated rings. The van der Waals surface area contributed by atoms with Crippen LogP contribution in [0, 0.1) is 0 Å². The van der Waals surface area contributed by atoms with E-state index < -0.39 is 9.28 Å². The van der Waals surface area contributed by atoms with Gasteiger partial charge in [-0.15, -0.1) is 0 Å². The molecule has 4 heteroatoms. The standard InChI is InChI=1S/C9H23NO2Si/c1-3-11-13(12-4-2)9-7-5-6-8-10/h13H,3-10H2,1-2H3. The molecule has 3 nitrogen and oxygen atoms in total. The van der Waals surface area contributed by atoms with E-state index in [1.54, 1.807) is 0 Å². The molecule has 0 aromatic heterocycles. The molecule has 0 aromatic carbocycles. The minimum absolute atomic E-state index is 0.785. The van der Waals surface area contributed by atoms with Gasteiger partial charge in [0, 0.05) is 13.2 Å². The molecule has 0 unspecified atom stereocenters. The first-order valence-electron chi connectivity index (χ1n) is 5.28. The molecule has 0 spiro atoms. The van der Waals surface area contributed by atoms with Crippen molar-refractivity contribution in [2.45, 2.75) is 39.2 Å². The third-order valence-electron chi connectivity index (χ3n) is 1.85. The Hall–Kier alpha value is 0.0969. The third kappa shape index (κ3) is 8.43. The van der Waals surface area contributed by atoms with Crippen LogP contribution in [0.25, 0.3) is 0 Å². The Labute approximate surface area is 83.5 Å². The molecule has 80 valence electrons. The molecule has 0 saturated carbocycles. The van der Waals surface area contributed by atoms with E-state index in [0.717, 1.165) is 32.2 Å². The molecule has 0 aromatic rings. The first-order chi connectivity index (χ1) is 6.35. The van der Waals surface area contributed by atoms with Crippen molar-refractivity contribution in [3.05, 3.63) is 0 Å². The molecule has 0 aliphatic heterocycles. The van der Waals surface area contributed by atoms with Crippen LogP contribution in [0.4, 0.5) is 0 Å². The molecule has 0 saturated heterocycles. The molecule has 0 bridgehead atoms. The molecule has 0 aliphatic rings. The normalized spacial score (nSPS) is 11.1. The highest BCUT2D eigenvalue weighted by Gasteiger charge is 2.10. The minimum atomic E-state index is -1.32. The van der Waals surface area contributed by atoms with Crippen LogP contribution in [-0.2, 0) is 8.85 Å². The van der Waals surface area contributed by atoms with Crippen molar-refractivity contribution in [2.75, 3.05) is 19.8 Å². The van der Waals surface area contributed by atoms with Crippen LogP contribution in [-0.4, -0.2) is 29.0 Å². The van der Waals surface area contributed by atoms with Crippen molar-refractivity contribution >= 4 is 9.28 Å². The summed E-state index contributed by atoms with van der Waals surface area (Å²) >= 11 is 0. The van der Waals surface area contributed by atoms with E-state index in [4.69, 9.17) is 14.6 Å². The summed E-state index contributed by atoms with van der Waals surface area (Å²) in [5.41, 5.74) is 5.41. The molecule has 13 heavy (non-hydrogen) atoms. The fourth-order valence-electron chi connectivity index (χ4n) is 1.22. The Morgan fingerprint density at radius 1 is 1.00 bits per heavy atom. The van der Waals surface area contributed by atoms with Gasteiger partial charge in [0.1, 0.15) is 0 Å². The lowest BCUT2D eigenvalue weighted by atomic mass is 10.2. The molecule has 0 radical (unpaired) electrons. The lowest BCUT2D eigenvalue weighted by Crippen LogP contribution is -2.22. The summed E-state index contributed by atoms with van der Waals surface area (Å²) in [5, 5.41) is 0. The van der Waals surface area contributed by atoms with Crippen molar-refractivity contribution in [1.29, 1.82) is 0 Å². The second-order valence-electron chi connectivity index (χ2n) is 2.98. The van der Waals surface area contributed by atoms with Gasteiger partial charge < -0.3 is 14.6 Å². The zero-order valence-electron chi connectivity index (χ0n) is 8.92. The first kappa shape index (κ1) is 13.1. The summed E-state index contributed by atoms with van der Waals surface area (Å²) in [7, 11) is -1.32. The minimum Gasteiger partial charge on any atom is -0.397 e. The molecule has 0 aliphatic carbocycles. The summed E-state index contributed by atoms with van der Waals surface area (Å²) < 4.78 is 11.1. The Morgan fingerprint density at radius 2 is 1.62 bits per heavy atom. The maximum Gasteiger partial charge on any atom is 0.321 e. The van der Waals surface area contributed by atoms with Crippen molar-refractivity contribution in [3.8, 4) is 0 Å². The number of nitrogens with two attached hydrogens (primary N) is 1. The van der Waals surface area contributed by atoms with Gasteiger partial charge in [-0.25, -0.2) is 0 Å². The number of unbranched alkanes of at least 4 members (excludes halogenated alkanes) is 2. The summed E-state index contributed by atoms with van der Waals surface area (Å²) in [6.07, 6.45) is 3.54. The van der Waals surface area contributed by atoms with Crippen LogP contribution in [0.15, 0.2) is 0 Å². The fraction of sp³-hybridized carbons (Fsp3) is 1.00. The predicted molar refractivity (Wildman–Crippen MR) is 58.1 cm³/mol. The largest absolute Gasteiger partial charge is 0.397 e. The van der Waals surface area contributed by atoms with Crippen LogP contribution in [0.1, 0.15) is 33.1 Å². The van der Waals surface area contributed by atoms with E-state index >= 15 is 0 Å². The summed E-state index contributed by atoms with van der Waals surface area (Å²) in [6, 6.07) is 1.13. The number of rotatable bonds is 9. The van der Waals surface area contributed by atoms with Crippen molar-refractivity contribution in [2.24, 2.45) is 5.73 Å².